The van der Waals surface area contributed by atoms with Crippen LogP contribution in [0.4, 0.5) is 0 Å². The van der Waals surface area contributed by atoms with Gasteiger partial charge < -0.3 is 0 Å². The Hall–Kier alpha value is -1.74. The van der Waals surface area contributed by atoms with E-state index < -0.39 is 20.0 Å². The molecule has 0 saturated carbocycles. The van der Waals surface area contributed by atoms with Crippen molar-refractivity contribution in [1.29, 1.82) is 0 Å². The number of hydrogen-bond acceptors (Lipinski definition) is 4. The highest BCUT2D eigenvalue weighted by molar-refractivity contribution is 7.89. The summed E-state index contributed by atoms with van der Waals surface area (Å²) in [6.07, 6.45) is 2.95. The van der Waals surface area contributed by atoms with Crippen molar-refractivity contribution in [3.63, 3.8) is 0 Å². The van der Waals surface area contributed by atoms with Gasteiger partial charge in [-0.25, -0.2) is 26.3 Å². The number of aryl methyl sites for hydroxylation is 2. The second-order valence-electron chi connectivity index (χ2n) is 7.41. The van der Waals surface area contributed by atoms with E-state index in [0.29, 0.717) is 11.1 Å². The molecule has 0 fully saturated rings. The van der Waals surface area contributed by atoms with Crippen LogP contribution in [0.25, 0.3) is 0 Å². The van der Waals surface area contributed by atoms with Crippen LogP contribution in [-0.4, -0.2) is 22.9 Å². The van der Waals surface area contributed by atoms with Gasteiger partial charge in [0, 0.05) is 12.6 Å². The molecule has 0 aliphatic heterocycles. The molecule has 0 unspecified atom stereocenters. The monoisotopic (exact) mass is 422 g/mol. The van der Waals surface area contributed by atoms with Gasteiger partial charge in [0.1, 0.15) is 0 Å². The van der Waals surface area contributed by atoms with E-state index in [0.717, 1.165) is 24.8 Å². The Bertz CT molecular complexity index is 1060. The molecule has 3 rings (SSSR count). The SMILES string of the molecule is CC(C)NS(=O)(=O)Cc1ccccc1CNS(=O)(=O)c1ccc2c(c1)CCC2. The summed E-state index contributed by atoms with van der Waals surface area (Å²) in [6.45, 7) is 3.55. The molecular weight excluding hydrogens is 396 g/mol. The second-order valence-corrected chi connectivity index (χ2v) is 10.9. The summed E-state index contributed by atoms with van der Waals surface area (Å²) < 4.78 is 55.1. The molecule has 2 N–H and O–H groups in total. The molecule has 1 aliphatic rings. The Labute approximate surface area is 167 Å². The van der Waals surface area contributed by atoms with E-state index in [4.69, 9.17) is 0 Å². The predicted molar refractivity (Wildman–Crippen MR) is 110 cm³/mol. The maximum Gasteiger partial charge on any atom is 0.240 e. The van der Waals surface area contributed by atoms with Gasteiger partial charge in [0.2, 0.25) is 20.0 Å². The largest absolute Gasteiger partial charge is 0.240 e. The number of hydrogen-bond donors (Lipinski definition) is 2. The zero-order valence-electron chi connectivity index (χ0n) is 16.1. The fourth-order valence-corrected chi connectivity index (χ4v) is 6.00. The minimum atomic E-state index is -3.67. The van der Waals surface area contributed by atoms with Crippen molar-refractivity contribution in [2.24, 2.45) is 0 Å². The van der Waals surface area contributed by atoms with Crippen molar-refractivity contribution < 1.29 is 16.8 Å². The third kappa shape index (κ3) is 5.20. The number of nitrogens with one attached hydrogen (secondary N) is 2. The number of sulfonamides is 2. The highest BCUT2D eigenvalue weighted by Gasteiger charge is 2.20. The minimum absolute atomic E-state index is 0.0345. The van der Waals surface area contributed by atoms with Crippen LogP contribution in [0.1, 0.15) is 42.5 Å². The maximum absolute atomic E-state index is 12.7. The van der Waals surface area contributed by atoms with Crippen molar-refractivity contribution in [2.45, 2.75) is 56.3 Å². The summed E-state index contributed by atoms with van der Waals surface area (Å²) >= 11 is 0. The quantitative estimate of drug-likeness (QED) is 0.684. The van der Waals surface area contributed by atoms with Crippen molar-refractivity contribution >= 4 is 20.0 Å². The van der Waals surface area contributed by atoms with Crippen LogP contribution in [0.15, 0.2) is 47.4 Å². The van der Waals surface area contributed by atoms with Gasteiger partial charge in [-0.2, -0.15) is 0 Å². The van der Waals surface area contributed by atoms with E-state index in [1.165, 1.54) is 5.56 Å². The lowest BCUT2D eigenvalue weighted by Gasteiger charge is -2.14. The molecule has 1 aliphatic carbocycles. The van der Waals surface area contributed by atoms with Crippen molar-refractivity contribution in [3.05, 3.63) is 64.7 Å². The van der Waals surface area contributed by atoms with Gasteiger partial charge in [-0.05, 0) is 67.5 Å². The van der Waals surface area contributed by atoms with Crippen LogP contribution in [0.3, 0.4) is 0 Å². The summed E-state index contributed by atoms with van der Waals surface area (Å²) in [5.74, 6) is -0.193. The summed E-state index contributed by atoms with van der Waals surface area (Å²) in [4.78, 5) is 0.250. The van der Waals surface area contributed by atoms with Gasteiger partial charge in [0.25, 0.3) is 0 Å². The number of rotatable bonds is 8. The van der Waals surface area contributed by atoms with E-state index in [1.54, 1.807) is 50.2 Å². The number of fused-ring (bicyclic) bond motifs is 1. The van der Waals surface area contributed by atoms with Gasteiger partial charge in [-0.15, -0.1) is 0 Å². The maximum atomic E-state index is 12.7. The van der Waals surface area contributed by atoms with Gasteiger partial charge in [-0.1, -0.05) is 30.3 Å². The summed E-state index contributed by atoms with van der Waals surface area (Å²) in [6, 6.07) is 12.0. The molecule has 8 heteroatoms. The molecule has 6 nitrogen and oxygen atoms in total. The number of benzene rings is 2. The molecule has 28 heavy (non-hydrogen) atoms. The standard InChI is InChI=1S/C20H26N2O4S2/c1-15(2)22-27(23,24)14-19-7-4-3-6-18(19)13-21-28(25,26)20-11-10-16-8-5-9-17(16)12-20/h3-4,6-7,10-12,15,21-22H,5,8-9,13-14H2,1-2H3. The molecule has 0 heterocycles. The highest BCUT2D eigenvalue weighted by Crippen LogP contribution is 2.25. The molecule has 0 amide bonds. The Morgan fingerprint density at radius 3 is 2.32 bits per heavy atom. The zero-order valence-corrected chi connectivity index (χ0v) is 17.7. The third-order valence-corrected chi connectivity index (χ3v) is 7.63. The first-order valence-corrected chi connectivity index (χ1v) is 12.5. The Kier molecular flexibility index (Phi) is 6.24. The first-order chi connectivity index (χ1) is 13.2. The first kappa shape index (κ1) is 21.0. The van der Waals surface area contributed by atoms with Crippen molar-refractivity contribution in [1.82, 2.24) is 9.44 Å². The molecule has 0 radical (unpaired) electrons. The second kappa shape index (κ2) is 8.32. The molecule has 2 aromatic rings. The topological polar surface area (TPSA) is 92.3 Å². The molecule has 0 aromatic heterocycles. The first-order valence-electron chi connectivity index (χ1n) is 9.34. The van der Waals surface area contributed by atoms with E-state index in [9.17, 15) is 16.8 Å². The van der Waals surface area contributed by atoms with Gasteiger partial charge in [0.05, 0.1) is 10.6 Å². The normalized spacial score (nSPS) is 14.4. The van der Waals surface area contributed by atoms with Gasteiger partial charge in [-0.3, -0.25) is 0 Å². The Morgan fingerprint density at radius 2 is 1.61 bits per heavy atom. The van der Waals surface area contributed by atoms with Crippen LogP contribution in [0, 0.1) is 0 Å². The Balaban J connectivity index is 1.76. The average molecular weight is 423 g/mol. The summed E-state index contributed by atoms with van der Waals surface area (Å²) in [5, 5.41) is 0. The summed E-state index contributed by atoms with van der Waals surface area (Å²) in [5.41, 5.74) is 3.52. The minimum Gasteiger partial charge on any atom is -0.212 e. The van der Waals surface area contributed by atoms with E-state index in [1.807, 2.05) is 6.07 Å². The zero-order chi connectivity index (χ0) is 20.4. The third-order valence-electron chi connectivity index (χ3n) is 4.71. The fraction of sp³-hybridized carbons (Fsp3) is 0.400. The van der Waals surface area contributed by atoms with Crippen LogP contribution < -0.4 is 9.44 Å². The lowest BCUT2D eigenvalue weighted by molar-refractivity contribution is 0.568. The van der Waals surface area contributed by atoms with E-state index >= 15 is 0 Å². The smallest absolute Gasteiger partial charge is 0.212 e. The lowest BCUT2D eigenvalue weighted by Crippen LogP contribution is -2.32. The molecule has 2 aromatic carbocycles. The van der Waals surface area contributed by atoms with Gasteiger partial charge in [0.15, 0.2) is 0 Å². The summed E-state index contributed by atoms with van der Waals surface area (Å²) in [7, 11) is -7.17. The van der Waals surface area contributed by atoms with Crippen LogP contribution >= 0.6 is 0 Å². The van der Waals surface area contributed by atoms with Crippen LogP contribution in [0.2, 0.25) is 0 Å². The van der Waals surface area contributed by atoms with E-state index in [2.05, 4.69) is 9.44 Å². The lowest BCUT2D eigenvalue weighted by atomic mass is 10.1. The van der Waals surface area contributed by atoms with Gasteiger partial charge >= 0.3 is 0 Å². The van der Waals surface area contributed by atoms with E-state index in [-0.39, 0.29) is 23.2 Å². The average Bonchev–Trinajstić information content (AvgIpc) is 3.07. The molecule has 0 atom stereocenters. The molecule has 0 saturated heterocycles. The fourth-order valence-electron chi connectivity index (χ4n) is 3.45. The predicted octanol–water partition coefficient (Wildman–Crippen LogP) is 2.48. The Morgan fingerprint density at radius 1 is 0.929 bits per heavy atom. The highest BCUT2D eigenvalue weighted by atomic mass is 32.2. The molecule has 0 spiro atoms. The van der Waals surface area contributed by atoms with Crippen molar-refractivity contribution in [2.75, 3.05) is 0 Å². The molecule has 152 valence electrons. The van der Waals surface area contributed by atoms with Crippen LogP contribution in [0.5, 0.6) is 0 Å². The van der Waals surface area contributed by atoms with Crippen LogP contribution in [-0.2, 0) is 45.2 Å². The molecule has 0 bridgehead atoms. The van der Waals surface area contributed by atoms with Crippen molar-refractivity contribution in [3.8, 4) is 0 Å². The molecular formula is C20H26N2O4S2.